The van der Waals surface area contributed by atoms with Crippen molar-refractivity contribution >= 4 is 0 Å². The molecule has 0 aromatic carbocycles. The normalized spacial score (nSPS) is 30.7. The van der Waals surface area contributed by atoms with Gasteiger partial charge in [0.15, 0.2) is 5.79 Å². The maximum Gasteiger partial charge on any atom is 0.168 e. The van der Waals surface area contributed by atoms with Gasteiger partial charge < -0.3 is 20.3 Å². The molecule has 1 atom stereocenters. The highest BCUT2D eigenvalue weighted by molar-refractivity contribution is 5.06. The van der Waals surface area contributed by atoms with Crippen molar-refractivity contribution in [2.24, 2.45) is 11.7 Å². The molecule has 1 spiro atoms. The Labute approximate surface area is 103 Å². The molecule has 0 bridgehead atoms. The fraction of sp³-hybridized carbons (Fsp3) is 1.00. The van der Waals surface area contributed by atoms with Crippen molar-refractivity contribution in [1.82, 2.24) is 0 Å². The van der Waals surface area contributed by atoms with Gasteiger partial charge in [0.1, 0.15) is 0 Å². The van der Waals surface area contributed by atoms with Crippen LogP contribution in [0.25, 0.3) is 0 Å². The molecular weight excluding hydrogens is 218 g/mol. The van der Waals surface area contributed by atoms with Crippen LogP contribution in [0, 0.1) is 5.92 Å². The second-order valence-electron chi connectivity index (χ2n) is 6.08. The average Bonchev–Trinajstić information content (AvgIpc) is 2.71. The van der Waals surface area contributed by atoms with Gasteiger partial charge in [-0.15, -0.1) is 0 Å². The first kappa shape index (κ1) is 13.3. The van der Waals surface area contributed by atoms with E-state index in [1.54, 1.807) is 0 Å². The molecule has 1 saturated heterocycles. The van der Waals surface area contributed by atoms with Crippen molar-refractivity contribution in [2.45, 2.75) is 63.4 Å². The van der Waals surface area contributed by atoms with E-state index in [0.717, 1.165) is 12.8 Å². The first-order valence-corrected chi connectivity index (χ1v) is 6.61. The van der Waals surface area contributed by atoms with E-state index < -0.39 is 16.9 Å². The lowest BCUT2D eigenvalue weighted by Gasteiger charge is -2.50. The molecule has 0 aromatic heterocycles. The van der Waals surface area contributed by atoms with E-state index >= 15 is 0 Å². The van der Waals surface area contributed by atoms with Crippen LogP contribution in [-0.2, 0) is 9.47 Å². The zero-order chi connectivity index (χ0) is 12.7. The maximum absolute atomic E-state index is 10.8. The van der Waals surface area contributed by atoms with Crippen molar-refractivity contribution in [3.63, 3.8) is 0 Å². The Bertz CT molecular complexity index is 272. The number of aliphatic hydroxyl groups is 1. The number of hydrogen-bond donors (Lipinski definition) is 2. The first-order valence-electron chi connectivity index (χ1n) is 6.61. The van der Waals surface area contributed by atoms with Gasteiger partial charge >= 0.3 is 0 Å². The van der Waals surface area contributed by atoms with Gasteiger partial charge in [-0.3, -0.25) is 0 Å². The van der Waals surface area contributed by atoms with E-state index in [4.69, 9.17) is 15.2 Å². The molecule has 100 valence electrons. The molecule has 3 N–H and O–H groups in total. The molecule has 1 aliphatic heterocycles. The fourth-order valence-corrected chi connectivity index (χ4v) is 2.91. The highest BCUT2D eigenvalue weighted by atomic mass is 16.7. The molecule has 1 saturated carbocycles. The molecule has 0 radical (unpaired) electrons. The summed E-state index contributed by atoms with van der Waals surface area (Å²) in [4.78, 5) is 0. The summed E-state index contributed by atoms with van der Waals surface area (Å²) in [6, 6.07) is 0. The molecule has 4 heteroatoms. The third-order valence-corrected chi connectivity index (χ3v) is 4.85. The van der Waals surface area contributed by atoms with Crippen LogP contribution in [0.1, 0.15) is 46.5 Å². The second kappa shape index (κ2) is 4.19. The minimum absolute atomic E-state index is 0.243. The monoisotopic (exact) mass is 243 g/mol. The van der Waals surface area contributed by atoms with E-state index in [-0.39, 0.29) is 5.92 Å². The molecular formula is C13H25NO3. The third kappa shape index (κ3) is 2.12. The van der Waals surface area contributed by atoms with Crippen LogP contribution < -0.4 is 5.73 Å². The summed E-state index contributed by atoms with van der Waals surface area (Å²) in [5.41, 5.74) is 4.96. The Hall–Kier alpha value is -0.160. The molecule has 1 heterocycles. The summed E-state index contributed by atoms with van der Waals surface area (Å²) < 4.78 is 11.3. The zero-order valence-electron chi connectivity index (χ0n) is 11.2. The predicted molar refractivity (Wildman–Crippen MR) is 65.5 cm³/mol. The van der Waals surface area contributed by atoms with Gasteiger partial charge in [-0.1, -0.05) is 13.8 Å². The van der Waals surface area contributed by atoms with Gasteiger partial charge in [-0.25, -0.2) is 0 Å². The molecule has 1 unspecified atom stereocenters. The highest BCUT2D eigenvalue weighted by Crippen LogP contribution is 2.45. The van der Waals surface area contributed by atoms with E-state index in [1.165, 1.54) is 0 Å². The highest BCUT2D eigenvalue weighted by Gasteiger charge is 2.53. The van der Waals surface area contributed by atoms with Crippen molar-refractivity contribution < 1.29 is 14.6 Å². The Morgan fingerprint density at radius 3 is 2.00 bits per heavy atom. The van der Waals surface area contributed by atoms with Crippen molar-refractivity contribution in [2.75, 3.05) is 13.2 Å². The SMILES string of the molecule is CC(C)C(C)(N)C1(O)CCC2(CC1)OCCO2. The van der Waals surface area contributed by atoms with Crippen LogP contribution in [0.3, 0.4) is 0 Å². The van der Waals surface area contributed by atoms with E-state index in [2.05, 4.69) is 13.8 Å². The summed E-state index contributed by atoms with van der Waals surface area (Å²) in [7, 11) is 0. The van der Waals surface area contributed by atoms with Gasteiger partial charge in [-0.05, 0) is 25.7 Å². The van der Waals surface area contributed by atoms with E-state index in [0.29, 0.717) is 26.1 Å². The summed E-state index contributed by atoms with van der Waals surface area (Å²) in [5.74, 6) is -0.189. The van der Waals surface area contributed by atoms with E-state index in [1.807, 2.05) is 6.92 Å². The lowest BCUT2D eigenvalue weighted by Crippen LogP contribution is -2.64. The smallest absolute Gasteiger partial charge is 0.168 e. The first-order chi connectivity index (χ1) is 7.81. The Morgan fingerprint density at radius 2 is 1.59 bits per heavy atom. The van der Waals surface area contributed by atoms with Crippen LogP contribution in [0.5, 0.6) is 0 Å². The van der Waals surface area contributed by atoms with Gasteiger partial charge in [0.2, 0.25) is 0 Å². The fourth-order valence-electron chi connectivity index (χ4n) is 2.91. The van der Waals surface area contributed by atoms with E-state index in [9.17, 15) is 5.11 Å². The number of ether oxygens (including phenoxy) is 2. The van der Waals surface area contributed by atoms with Gasteiger partial charge in [0.25, 0.3) is 0 Å². The van der Waals surface area contributed by atoms with Crippen molar-refractivity contribution in [3.8, 4) is 0 Å². The summed E-state index contributed by atoms with van der Waals surface area (Å²) >= 11 is 0. The van der Waals surface area contributed by atoms with Gasteiger partial charge in [-0.2, -0.15) is 0 Å². The molecule has 4 nitrogen and oxygen atoms in total. The average molecular weight is 243 g/mol. The molecule has 0 amide bonds. The molecule has 2 rings (SSSR count). The van der Waals surface area contributed by atoms with Crippen LogP contribution in [0.15, 0.2) is 0 Å². The third-order valence-electron chi connectivity index (χ3n) is 4.85. The molecule has 1 aliphatic carbocycles. The lowest BCUT2D eigenvalue weighted by molar-refractivity contribution is -0.214. The number of hydrogen-bond acceptors (Lipinski definition) is 4. The summed E-state index contributed by atoms with van der Waals surface area (Å²) in [5, 5.41) is 10.8. The standard InChI is InChI=1S/C13H25NO3/c1-10(2)11(3,14)12(15)4-6-13(7-5-12)16-8-9-17-13/h10,15H,4-9,14H2,1-3H3. The Kier molecular flexibility index (Phi) is 3.28. The van der Waals surface area contributed by atoms with Crippen LogP contribution in [0.2, 0.25) is 0 Å². The zero-order valence-corrected chi connectivity index (χ0v) is 11.2. The van der Waals surface area contributed by atoms with Gasteiger partial charge in [0, 0.05) is 18.4 Å². The van der Waals surface area contributed by atoms with Crippen LogP contribution in [-0.4, -0.2) is 35.2 Å². The Balaban J connectivity index is 2.06. The Morgan fingerprint density at radius 1 is 1.12 bits per heavy atom. The topological polar surface area (TPSA) is 64.7 Å². The molecule has 17 heavy (non-hydrogen) atoms. The van der Waals surface area contributed by atoms with Crippen molar-refractivity contribution in [3.05, 3.63) is 0 Å². The van der Waals surface area contributed by atoms with Crippen LogP contribution >= 0.6 is 0 Å². The molecule has 2 fully saturated rings. The number of rotatable bonds is 2. The largest absolute Gasteiger partial charge is 0.388 e. The quantitative estimate of drug-likeness (QED) is 0.769. The summed E-state index contributed by atoms with van der Waals surface area (Å²) in [6.07, 6.45) is 2.78. The molecule has 2 aliphatic rings. The maximum atomic E-state index is 10.8. The minimum atomic E-state index is -0.804. The summed E-state index contributed by atoms with van der Waals surface area (Å²) in [6.45, 7) is 7.41. The molecule has 0 aromatic rings. The predicted octanol–water partition coefficient (Wildman–Crippen LogP) is 1.41. The van der Waals surface area contributed by atoms with Gasteiger partial charge in [0.05, 0.1) is 18.8 Å². The van der Waals surface area contributed by atoms with Crippen LogP contribution in [0.4, 0.5) is 0 Å². The second-order valence-corrected chi connectivity index (χ2v) is 6.08. The minimum Gasteiger partial charge on any atom is -0.388 e. The lowest BCUT2D eigenvalue weighted by atomic mass is 9.66. The van der Waals surface area contributed by atoms with Crippen molar-refractivity contribution in [1.29, 1.82) is 0 Å². The number of nitrogens with two attached hydrogens (primary N) is 1.